The SMILES string of the molecule is O[C@H](COCc1ccccc1)Cc1nc(-c2ccsc2)no1. The third-order valence-corrected chi connectivity index (χ3v) is 3.76. The number of hydrogen-bond donors (Lipinski definition) is 1. The molecule has 0 saturated heterocycles. The van der Waals surface area contributed by atoms with Crippen molar-refractivity contribution in [1.82, 2.24) is 10.1 Å². The molecule has 0 aliphatic heterocycles. The number of aromatic nitrogens is 2. The predicted octanol–water partition coefficient (Wildman–Crippen LogP) is 2.92. The molecule has 0 aliphatic rings. The summed E-state index contributed by atoms with van der Waals surface area (Å²) in [6.45, 7) is 0.701. The number of thiophene rings is 1. The van der Waals surface area contributed by atoms with Crippen LogP contribution in [-0.4, -0.2) is 28.0 Å². The molecular weight excluding hydrogens is 300 g/mol. The van der Waals surface area contributed by atoms with Crippen molar-refractivity contribution in [3.05, 3.63) is 58.6 Å². The monoisotopic (exact) mass is 316 g/mol. The zero-order valence-electron chi connectivity index (χ0n) is 11.9. The van der Waals surface area contributed by atoms with E-state index in [0.29, 0.717) is 18.3 Å². The highest BCUT2D eigenvalue weighted by atomic mass is 32.1. The van der Waals surface area contributed by atoms with E-state index in [0.717, 1.165) is 11.1 Å². The van der Waals surface area contributed by atoms with Gasteiger partial charge in [-0.15, -0.1) is 0 Å². The third-order valence-electron chi connectivity index (χ3n) is 3.08. The quantitative estimate of drug-likeness (QED) is 0.726. The fourth-order valence-electron chi connectivity index (χ4n) is 1.99. The van der Waals surface area contributed by atoms with E-state index in [1.807, 2.05) is 47.2 Å². The van der Waals surface area contributed by atoms with E-state index < -0.39 is 6.10 Å². The lowest BCUT2D eigenvalue weighted by molar-refractivity contribution is 0.0253. The van der Waals surface area contributed by atoms with E-state index >= 15 is 0 Å². The Morgan fingerprint density at radius 3 is 2.86 bits per heavy atom. The molecule has 22 heavy (non-hydrogen) atoms. The van der Waals surface area contributed by atoms with E-state index in [9.17, 15) is 5.11 Å². The van der Waals surface area contributed by atoms with Crippen molar-refractivity contribution < 1.29 is 14.4 Å². The average molecular weight is 316 g/mol. The molecule has 0 radical (unpaired) electrons. The molecule has 0 unspecified atom stereocenters. The summed E-state index contributed by atoms with van der Waals surface area (Å²) in [5.41, 5.74) is 2.00. The number of aliphatic hydroxyl groups excluding tert-OH is 1. The Morgan fingerprint density at radius 1 is 1.23 bits per heavy atom. The van der Waals surface area contributed by atoms with Gasteiger partial charge in [-0.05, 0) is 17.0 Å². The van der Waals surface area contributed by atoms with E-state index in [1.54, 1.807) is 11.3 Å². The van der Waals surface area contributed by atoms with Crippen LogP contribution in [0.1, 0.15) is 11.5 Å². The largest absolute Gasteiger partial charge is 0.390 e. The molecule has 0 aliphatic carbocycles. The normalized spacial score (nSPS) is 12.4. The van der Waals surface area contributed by atoms with Gasteiger partial charge >= 0.3 is 0 Å². The number of nitrogens with zero attached hydrogens (tertiary/aromatic N) is 2. The highest BCUT2D eigenvalue weighted by Gasteiger charge is 2.13. The number of benzene rings is 1. The van der Waals surface area contributed by atoms with Crippen LogP contribution in [0.25, 0.3) is 11.4 Å². The summed E-state index contributed by atoms with van der Waals surface area (Å²) in [4.78, 5) is 4.27. The molecule has 0 amide bonds. The first-order valence-corrected chi connectivity index (χ1v) is 7.90. The first-order chi connectivity index (χ1) is 10.8. The average Bonchev–Trinajstić information content (AvgIpc) is 3.19. The van der Waals surface area contributed by atoms with Crippen molar-refractivity contribution in [2.24, 2.45) is 0 Å². The summed E-state index contributed by atoms with van der Waals surface area (Å²) in [6, 6.07) is 11.8. The molecule has 2 heterocycles. The number of rotatable bonds is 7. The highest BCUT2D eigenvalue weighted by Crippen LogP contribution is 2.19. The predicted molar refractivity (Wildman–Crippen MR) is 83.4 cm³/mol. The van der Waals surface area contributed by atoms with Gasteiger partial charge in [-0.2, -0.15) is 16.3 Å². The Bertz CT molecular complexity index is 683. The van der Waals surface area contributed by atoms with E-state index in [-0.39, 0.29) is 13.0 Å². The van der Waals surface area contributed by atoms with Crippen LogP contribution in [0.5, 0.6) is 0 Å². The van der Waals surface area contributed by atoms with Crippen LogP contribution < -0.4 is 0 Å². The van der Waals surface area contributed by atoms with Crippen LogP contribution in [0.4, 0.5) is 0 Å². The minimum absolute atomic E-state index is 0.227. The molecule has 0 saturated carbocycles. The molecule has 0 fully saturated rings. The highest BCUT2D eigenvalue weighted by molar-refractivity contribution is 7.08. The van der Waals surface area contributed by atoms with Crippen molar-refractivity contribution in [2.45, 2.75) is 19.1 Å². The molecule has 0 spiro atoms. The number of hydrogen-bond acceptors (Lipinski definition) is 6. The molecular formula is C16H16N2O3S. The van der Waals surface area contributed by atoms with Crippen LogP contribution in [0, 0.1) is 0 Å². The summed E-state index contributed by atoms with van der Waals surface area (Å²) >= 11 is 1.58. The maximum absolute atomic E-state index is 9.97. The van der Waals surface area contributed by atoms with Crippen LogP contribution in [0.2, 0.25) is 0 Å². The Balaban J connectivity index is 1.46. The standard InChI is InChI=1S/C16H16N2O3S/c19-14(10-20-9-12-4-2-1-3-5-12)8-15-17-16(18-21-15)13-6-7-22-11-13/h1-7,11,14,19H,8-10H2/t14-/m0/s1. The Hall–Kier alpha value is -2.02. The molecule has 6 heteroatoms. The second-order valence-electron chi connectivity index (χ2n) is 4.88. The van der Waals surface area contributed by atoms with Gasteiger partial charge in [0.15, 0.2) is 0 Å². The van der Waals surface area contributed by atoms with E-state index in [4.69, 9.17) is 9.26 Å². The zero-order valence-corrected chi connectivity index (χ0v) is 12.7. The molecule has 2 aromatic heterocycles. The molecule has 0 bridgehead atoms. The Labute approximate surface area is 132 Å². The van der Waals surface area contributed by atoms with Crippen molar-refractivity contribution in [3.63, 3.8) is 0 Å². The summed E-state index contributed by atoms with van der Waals surface area (Å²) in [6.07, 6.45) is -0.383. The molecule has 3 rings (SSSR count). The van der Waals surface area contributed by atoms with Crippen molar-refractivity contribution in [2.75, 3.05) is 6.61 Å². The first kappa shape index (κ1) is 14.9. The zero-order chi connectivity index (χ0) is 15.2. The molecule has 3 aromatic rings. The lowest BCUT2D eigenvalue weighted by Gasteiger charge is -2.09. The van der Waals surface area contributed by atoms with Crippen molar-refractivity contribution in [3.8, 4) is 11.4 Å². The van der Waals surface area contributed by atoms with Gasteiger partial charge in [0.2, 0.25) is 11.7 Å². The second-order valence-corrected chi connectivity index (χ2v) is 5.66. The fourth-order valence-corrected chi connectivity index (χ4v) is 2.63. The smallest absolute Gasteiger partial charge is 0.229 e. The van der Waals surface area contributed by atoms with Crippen LogP contribution in [0.15, 0.2) is 51.7 Å². The topological polar surface area (TPSA) is 68.4 Å². The van der Waals surface area contributed by atoms with Crippen molar-refractivity contribution in [1.29, 1.82) is 0 Å². The summed E-state index contributed by atoms with van der Waals surface area (Å²) in [7, 11) is 0. The molecule has 5 nitrogen and oxygen atoms in total. The van der Waals surface area contributed by atoms with Gasteiger partial charge < -0.3 is 14.4 Å². The van der Waals surface area contributed by atoms with E-state index in [1.165, 1.54) is 0 Å². The van der Waals surface area contributed by atoms with Crippen molar-refractivity contribution >= 4 is 11.3 Å². The lowest BCUT2D eigenvalue weighted by Crippen LogP contribution is -2.18. The number of aliphatic hydroxyl groups is 1. The first-order valence-electron chi connectivity index (χ1n) is 6.96. The third kappa shape index (κ3) is 4.00. The van der Waals surface area contributed by atoms with Crippen LogP contribution >= 0.6 is 11.3 Å². The van der Waals surface area contributed by atoms with Crippen LogP contribution in [0.3, 0.4) is 0 Å². The van der Waals surface area contributed by atoms with Gasteiger partial charge in [0.05, 0.1) is 25.7 Å². The number of ether oxygens (including phenoxy) is 1. The summed E-state index contributed by atoms with van der Waals surface area (Å²) in [5.74, 6) is 0.964. The maximum Gasteiger partial charge on any atom is 0.229 e. The van der Waals surface area contributed by atoms with Gasteiger partial charge in [0, 0.05) is 10.9 Å². The minimum Gasteiger partial charge on any atom is -0.390 e. The molecule has 1 atom stereocenters. The maximum atomic E-state index is 9.97. The Kier molecular flexibility index (Phi) is 4.95. The fraction of sp³-hybridized carbons (Fsp3) is 0.250. The van der Waals surface area contributed by atoms with Gasteiger partial charge in [-0.3, -0.25) is 0 Å². The van der Waals surface area contributed by atoms with E-state index in [2.05, 4.69) is 10.1 Å². The molecule has 1 aromatic carbocycles. The Morgan fingerprint density at radius 2 is 2.09 bits per heavy atom. The van der Waals surface area contributed by atoms with Gasteiger partial charge in [-0.25, -0.2) is 0 Å². The van der Waals surface area contributed by atoms with Gasteiger partial charge in [-0.1, -0.05) is 35.5 Å². The molecule has 1 N–H and O–H groups in total. The molecule has 114 valence electrons. The van der Waals surface area contributed by atoms with Gasteiger partial charge in [0.1, 0.15) is 0 Å². The minimum atomic E-state index is -0.667. The second kappa shape index (κ2) is 7.31. The lowest BCUT2D eigenvalue weighted by atomic mass is 10.2. The summed E-state index contributed by atoms with van der Waals surface area (Å²) in [5, 5.41) is 17.8. The van der Waals surface area contributed by atoms with Crippen LogP contribution in [-0.2, 0) is 17.8 Å². The van der Waals surface area contributed by atoms with Gasteiger partial charge in [0.25, 0.3) is 0 Å². The summed E-state index contributed by atoms with van der Waals surface area (Å²) < 4.78 is 10.6.